The number of hydrogen-bond acceptors (Lipinski definition) is 4. The number of nitrogens with one attached hydrogen (secondary N) is 1. The Morgan fingerprint density at radius 2 is 1.77 bits per heavy atom. The van der Waals surface area contributed by atoms with Crippen molar-refractivity contribution in [3.05, 3.63) is 81.2 Å². The number of rotatable bonds is 5. The molecule has 0 radical (unpaired) electrons. The summed E-state index contributed by atoms with van der Waals surface area (Å²) in [5, 5.41) is 3.73. The summed E-state index contributed by atoms with van der Waals surface area (Å²) in [5.74, 6) is -0.284. The van der Waals surface area contributed by atoms with Gasteiger partial charge in [0.1, 0.15) is 11.1 Å². The van der Waals surface area contributed by atoms with Gasteiger partial charge in [0.05, 0.1) is 6.54 Å². The lowest BCUT2D eigenvalue weighted by atomic mass is 9.85. The van der Waals surface area contributed by atoms with Gasteiger partial charge >= 0.3 is 11.7 Å². The molecule has 3 amide bonds. The summed E-state index contributed by atoms with van der Waals surface area (Å²) in [6.07, 6.45) is 4.28. The third kappa shape index (κ3) is 3.14. The fourth-order valence-electron chi connectivity index (χ4n) is 4.97. The second-order valence-electron chi connectivity index (χ2n) is 8.40. The largest absolute Gasteiger partial charge is 0.423 e. The van der Waals surface area contributed by atoms with Crippen molar-refractivity contribution < 1.29 is 14.0 Å². The van der Waals surface area contributed by atoms with Gasteiger partial charge in [-0.25, -0.2) is 9.59 Å². The topological polar surface area (TPSA) is 79.6 Å². The predicted octanol–water partition coefficient (Wildman–Crippen LogP) is 4.03. The number of fused-ring (bicyclic) bond motifs is 2. The van der Waals surface area contributed by atoms with E-state index in [-0.39, 0.29) is 12.5 Å². The molecule has 1 aromatic heterocycles. The van der Waals surface area contributed by atoms with Gasteiger partial charge in [0.15, 0.2) is 0 Å². The zero-order chi connectivity index (χ0) is 21.6. The monoisotopic (exact) mass is 416 g/mol. The van der Waals surface area contributed by atoms with Crippen molar-refractivity contribution in [1.82, 2.24) is 10.2 Å². The minimum absolute atomic E-state index is 0.0316. The minimum atomic E-state index is -1.08. The Hall–Kier alpha value is -3.41. The lowest BCUT2D eigenvalue weighted by molar-refractivity contribution is -0.132. The molecular formula is C25H24N2O4. The first kappa shape index (κ1) is 19.5. The number of benzene rings is 2. The predicted molar refractivity (Wildman–Crippen MR) is 117 cm³/mol. The summed E-state index contributed by atoms with van der Waals surface area (Å²) in [6.45, 7) is 2.02. The number of amides is 3. The highest BCUT2D eigenvalue weighted by Crippen LogP contribution is 2.35. The van der Waals surface area contributed by atoms with E-state index in [0.717, 1.165) is 36.6 Å². The van der Waals surface area contributed by atoms with Gasteiger partial charge in [-0.05, 0) is 60.1 Å². The van der Waals surface area contributed by atoms with E-state index in [4.69, 9.17) is 4.42 Å². The molecule has 158 valence electrons. The molecule has 2 aliphatic rings. The van der Waals surface area contributed by atoms with Crippen molar-refractivity contribution in [2.45, 2.75) is 51.1 Å². The summed E-state index contributed by atoms with van der Waals surface area (Å²) >= 11 is 0. The maximum atomic E-state index is 13.6. The van der Waals surface area contributed by atoms with Gasteiger partial charge < -0.3 is 9.73 Å². The molecule has 1 aliphatic carbocycles. The maximum Gasteiger partial charge on any atom is 0.336 e. The maximum absolute atomic E-state index is 13.6. The molecule has 0 spiro atoms. The van der Waals surface area contributed by atoms with E-state index in [1.807, 2.05) is 49.4 Å². The number of urea groups is 1. The molecule has 3 aromatic rings. The number of carbonyl (C=O) groups is 2. The van der Waals surface area contributed by atoms with Crippen LogP contribution in [0.5, 0.6) is 0 Å². The Morgan fingerprint density at radius 1 is 1.03 bits per heavy atom. The molecule has 2 aromatic carbocycles. The van der Waals surface area contributed by atoms with E-state index >= 15 is 0 Å². The number of imide groups is 1. The molecule has 31 heavy (non-hydrogen) atoms. The van der Waals surface area contributed by atoms with Crippen LogP contribution in [0, 0.1) is 0 Å². The lowest BCUT2D eigenvalue weighted by Gasteiger charge is -2.27. The quantitative estimate of drug-likeness (QED) is 0.503. The van der Waals surface area contributed by atoms with Crippen LogP contribution in [-0.2, 0) is 29.7 Å². The smallest absolute Gasteiger partial charge is 0.336 e. The molecule has 6 nitrogen and oxygen atoms in total. The normalized spacial score (nSPS) is 20.4. The second-order valence-corrected chi connectivity index (χ2v) is 8.40. The van der Waals surface area contributed by atoms with E-state index in [2.05, 4.69) is 5.32 Å². The van der Waals surface area contributed by atoms with E-state index < -0.39 is 17.2 Å². The molecule has 1 aliphatic heterocycles. The molecule has 1 fully saturated rings. The van der Waals surface area contributed by atoms with E-state index in [9.17, 15) is 14.4 Å². The van der Waals surface area contributed by atoms with Gasteiger partial charge in [-0.3, -0.25) is 9.69 Å². The van der Waals surface area contributed by atoms with Crippen molar-refractivity contribution in [3.8, 4) is 0 Å². The second kappa shape index (κ2) is 7.38. The Balaban J connectivity index is 1.56. The van der Waals surface area contributed by atoms with E-state index in [1.54, 1.807) is 0 Å². The highest BCUT2D eigenvalue weighted by Gasteiger charge is 2.51. The first-order chi connectivity index (χ1) is 15.0. The molecule has 6 heteroatoms. The van der Waals surface area contributed by atoms with Crippen molar-refractivity contribution in [1.29, 1.82) is 0 Å². The Morgan fingerprint density at radius 3 is 2.52 bits per heavy atom. The summed E-state index contributed by atoms with van der Waals surface area (Å²) in [6, 6.07) is 14.3. The van der Waals surface area contributed by atoms with Crippen LogP contribution in [0.4, 0.5) is 4.79 Å². The number of hydrogen-bond donors (Lipinski definition) is 1. The average molecular weight is 416 g/mol. The van der Waals surface area contributed by atoms with Gasteiger partial charge in [-0.2, -0.15) is 0 Å². The first-order valence-electron chi connectivity index (χ1n) is 10.8. The van der Waals surface area contributed by atoms with Crippen LogP contribution >= 0.6 is 0 Å². The molecule has 0 unspecified atom stereocenters. The van der Waals surface area contributed by atoms with Crippen LogP contribution in [0.3, 0.4) is 0 Å². The van der Waals surface area contributed by atoms with Crippen LogP contribution in [0.25, 0.3) is 11.0 Å². The third-order valence-corrected chi connectivity index (χ3v) is 6.44. The Kier molecular flexibility index (Phi) is 4.65. The van der Waals surface area contributed by atoms with Crippen molar-refractivity contribution in [2.75, 3.05) is 0 Å². The van der Waals surface area contributed by atoms with Gasteiger partial charge in [0, 0.05) is 11.5 Å². The van der Waals surface area contributed by atoms with E-state index in [1.165, 1.54) is 22.1 Å². The Labute approximate surface area is 179 Å². The van der Waals surface area contributed by atoms with Crippen LogP contribution in [0.1, 0.15) is 48.4 Å². The van der Waals surface area contributed by atoms with Crippen LogP contribution in [-0.4, -0.2) is 16.8 Å². The molecule has 0 bridgehead atoms. The summed E-state index contributed by atoms with van der Waals surface area (Å²) in [4.78, 5) is 40.0. The number of nitrogens with zero attached hydrogens (tertiary/aromatic N) is 1. The molecular weight excluding hydrogens is 392 g/mol. The number of aryl methyl sites for hydroxylation is 2. The van der Waals surface area contributed by atoms with Gasteiger partial charge in [-0.1, -0.05) is 43.7 Å². The molecule has 1 N–H and O–H groups in total. The highest BCUT2D eigenvalue weighted by atomic mass is 16.4. The Bertz CT molecular complexity index is 1250. The summed E-state index contributed by atoms with van der Waals surface area (Å²) < 4.78 is 5.44. The fourth-order valence-corrected chi connectivity index (χ4v) is 4.97. The van der Waals surface area contributed by atoms with Crippen molar-refractivity contribution >= 4 is 22.9 Å². The molecule has 1 saturated heterocycles. The van der Waals surface area contributed by atoms with Gasteiger partial charge in [0.2, 0.25) is 0 Å². The zero-order valence-corrected chi connectivity index (χ0v) is 17.4. The standard InChI is InChI=1S/C25H24N2O4/c1-2-11-25(19-9-4-3-5-10-19)23(29)27(24(30)26-25)15-18-14-22(28)31-21-13-17-8-6-7-16(17)12-20(18)21/h3-5,9-10,12-14H,2,6-8,11,15H2,1H3,(H,26,30)/t25-/m1/s1. The zero-order valence-electron chi connectivity index (χ0n) is 17.4. The van der Waals surface area contributed by atoms with Crippen molar-refractivity contribution in [3.63, 3.8) is 0 Å². The minimum Gasteiger partial charge on any atom is -0.423 e. The van der Waals surface area contributed by atoms with Crippen molar-refractivity contribution in [2.24, 2.45) is 0 Å². The molecule has 1 atom stereocenters. The molecule has 2 heterocycles. The summed E-state index contributed by atoms with van der Waals surface area (Å²) in [5.41, 5.74) is 2.80. The highest BCUT2D eigenvalue weighted by molar-refractivity contribution is 6.07. The summed E-state index contributed by atoms with van der Waals surface area (Å²) in [7, 11) is 0. The molecule has 0 saturated carbocycles. The van der Waals surface area contributed by atoms with Gasteiger partial charge in [0.25, 0.3) is 5.91 Å². The van der Waals surface area contributed by atoms with Crippen LogP contribution in [0.15, 0.2) is 57.7 Å². The van der Waals surface area contributed by atoms with Crippen LogP contribution < -0.4 is 10.9 Å². The SMILES string of the molecule is CCC[C@]1(c2ccccc2)NC(=O)N(Cc2cc(=O)oc3cc4c(cc23)CCC4)C1=O. The van der Waals surface area contributed by atoms with E-state index in [0.29, 0.717) is 17.6 Å². The number of carbonyl (C=O) groups excluding carboxylic acids is 2. The molecule has 5 rings (SSSR count). The first-order valence-corrected chi connectivity index (χ1v) is 10.8. The third-order valence-electron chi connectivity index (χ3n) is 6.44. The van der Waals surface area contributed by atoms with Gasteiger partial charge in [-0.15, -0.1) is 0 Å². The lowest BCUT2D eigenvalue weighted by Crippen LogP contribution is -2.43. The fraction of sp³-hybridized carbons (Fsp3) is 0.320. The van der Waals surface area contributed by atoms with Crippen LogP contribution in [0.2, 0.25) is 0 Å². The average Bonchev–Trinajstić information content (AvgIpc) is 3.31.